The summed E-state index contributed by atoms with van der Waals surface area (Å²) in [5, 5.41) is 9.01. The molecule has 0 saturated carbocycles. The molecule has 1 aliphatic heterocycles. The molecular formula is C13H25N3O2. The van der Waals surface area contributed by atoms with Gasteiger partial charge in [-0.3, -0.25) is 9.59 Å². The molecule has 0 spiro atoms. The van der Waals surface area contributed by atoms with Crippen LogP contribution in [-0.2, 0) is 9.59 Å². The third kappa shape index (κ3) is 5.49. The van der Waals surface area contributed by atoms with Gasteiger partial charge in [0.25, 0.3) is 0 Å². The molecule has 5 nitrogen and oxygen atoms in total. The Bertz CT molecular complexity index is 310. The van der Waals surface area contributed by atoms with Crippen LogP contribution in [0.1, 0.15) is 47.0 Å². The summed E-state index contributed by atoms with van der Waals surface area (Å²) in [5.74, 6) is 0.0422. The molecule has 104 valence electrons. The Labute approximate surface area is 109 Å². The van der Waals surface area contributed by atoms with Crippen molar-refractivity contribution in [3.05, 3.63) is 0 Å². The van der Waals surface area contributed by atoms with Gasteiger partial charge >= 0.3 is 0 Å². The molecule has 0 aromatic heterocycles. The number of nitrogens with one attached hydrogen (secondary N) is 3. The van der Waals surface area contributed by atoms with Gasteiger partial charge in [0.1, 0.15) is 0 Å². The Balaban J connectivity index is 2.45. The van der Waals surface area contributed by atoms with Gasteiger partial charge in [0, 0.05) is 24.5 Å². The first-order valence-electron chi connectivity index (χ1n) is 6.63. The summed E-state index contributed by atoms with van der Waals surface area (Å²) >= 11 is 0. The molecule has 1 fully saturated rings. The molecule has 1 rings (SSSR count). The highest BCUT2D eigenvalue weighted by Crippen LogP contribution is 2.07. The van der Waals surface area contributed by atoms with Gasteiger partial charge in [-0.15, -0.1) is 0 Å². The molecular weight excluding hydrogens is 230 g/mol. The number of rotatable bonds is 3. The Morgan fingerprint density at radius 3 is 2.72 bits per heavy atom. The monoisotopic (exact) mass is 255 g/mol. The molecule has 2 amide bonds. The average Bonchev–Trinajstić information content (AvgIpc) is 2.40. The van der Waals surface area contributed by atoms with E-state index in [1.165, 1.54) is 0 Å². The fourth-order valence-corrected chi connectivity index (χ4v) is 2.02. The Morgan fingerprint density at radius 2 is 2.11 bits per heavy atom. The van der Waals surface area contributed by atoms with Crippen molar-refractivity contribution in [2.24, 2.45) is 0 Å². The Kier molecular flexibility index (Phi) is 5.14. The van der Waals surface area contributed by atoms with E-state index in [4.69, 9.17) is 0 Å². The van der Waals surface area contributed by atoms with Crippen LogP contribution in [-0.4, -0.2) is 36.0 Å². The third-order valence-electron chi connectivity index (χ3n) is 2.86. The standard InChI is InChI=1S/C13H25N3O2/c1-9(12(18)16-13(2,3)4)15-10-6-5-7-14-11(17)8-10/h9-10,15H,5-8H2,1-4H3,(H,14,17)(H,16,18). The first kappa shape index (κ1) is 15.0. The van der Waals surface area contributed by atoms with Crippen LogP contribution in [0.5, 0.6) is 0 Å². The molecule has 5 heteroatoms. The quantitative estimate of drug-likeness (QED) is 0.689. The lowest BCUT2D eigenvalue weighted by Crippen LogP contribution is -2.52. The van der Waals surface area contributed by atoms with Gasteiger partial charge in [0.15, 0.2) is 0 Å². The summed E-state index contributed by atoms with van der Waals surface area (Å²) in [4.78, 5) is 23.3. The minimum atomic E-state index is -0.278. The minimum Gasteiger partial charge on any atom is -0.356 e. The predicted molar refractivity (Wildman–Crippen MR) is 71.1 cm³/mol. The van der Waals surface area contributed by atoms with Crippen molar-refractivity contribution in [3.63, 3.8) is 0 Å². The number of carbonyl (C=O) groups excluding carboxylic acids is 2. The van der Waals surface area contributed by atoms with Gasteiger partial charge < -0.3 is 16.0 Å². The fraction of sp³-hybridized carbons (Fsp3) is 0.846. The number of hydrogen-bond donors (Lipinski definition) is 3. The largest absolute Gasteiger partial charge is 0.356 e. The molecule has 0 aromatic rings. The summed E-state index contributed by atoms with van der Waals surface area (Å²) in [6.07, 6.45) is 2.33. The smallest absolute Gasteiger partial charge is 0.237 e. The molecule has 2 atom stereocenters. The zero-order valence-electron chi connectivity index (χ0n) is 11.8. The highest BCUT2D eigenvalue weighted by Gasteiger charge is 2.23. The summed E-state index contributed by atoms with van der Waals surface area (Å²) in [6.45, 7) is 8.44. The molecule has 18 heavy (non-hydrogen) atoms. The first-order chi connectivity index (χ1) is 8.28. The van der Waals surface area contributed by atoms with E-state index >= 15 is 0 Å². The van der Waals surface area contributed by atoms with Crippen molar-refractivity contribution in [1.29, 1.82) is 0 Å². The van der Waals surface area contributed by atoms with Crippen molar-refractivity contribution < 1.29 is 9.59 Å². The van der Waals surface area contributed by atoms with E-state index in [0.29, 0.717) is 6.42 Å². The van der Waals surface area contributed by atoms with Gasteiger partial charge in [-0.05, 0) is 40.5 Å². The van der Waals surface area contributed by atoms with Crippen LogP contribution in [0, 0.1) is 0 Å². The Morgan fingerprint density at radius 1 is 1.44 bits per heavy atom. The first-order valence-corrected chi connectivity index (χ1v) is 6.63. The van der Waals surface area contributed by atoms with Gasteiger partial charge in [-0.25, -0.2) is 0 Å². The van der Waals surface area contributed by atoms with Crippen LogP contribution in [0.25, 0.3) is 0 Å². The molecule has 0 aromatic carbocycles. The van der Waals surface area contributed by atoms with Crippen molar-refractivity contribution in [2.45, 2.75) is 64.6 Å². The molecule has 3 N–H and O–H groups in total. The van der Waals surface area contributed by atoms with E-state index in [0.717, 1.165) is 19.4 Å². The van der Waals surface area contributed by atoms with Crippen LogP contribution in [0.3, 0.4) is 0 Å². The minimum absolute atomic E-state index is 0.0212. The summed E-state index contributed by atoms with van der Waals surface area (Å²) in [6, 6.07) is -0.187. The maximum Gasteiger partial charge on any atom is 0.237 e. The number of hydrogen-bond acceptors (Lipinski definition) is 3. The average molecular weight is 255 g/mol. The normalized spacial score (nSPS) is 22.9. The van der Waals surface area contributed by atoms with Crippen LogP contribution in [0.2, 0.25) is 0 Å². The van der Waals surface area contributed by atoms with Crippen molar-refractivity contribution in [3.8, 4) is 0 Å². The molecule has 0 aliphatic carbocycles. The predicted octanol–water partition coefficient (Wildman–Crippen LogP) is 0.548. The van der Waals surface area contributed by atoms with E-state index in [9.17, 15) is 9.59 Å². The van der Waals surface area contributed by atoms with E-state index < -0.39 is 0 Å². The zero-order chi connectivity index (χ0) is 13.8. The van der Waals surface area contributed by atoms with E-state index in [1.807, 2.05) is 27.7 Å². The second kappa shape index (κ2) is 6.18. The van der Waals surface area contributed by atoms with Gasteiger partial charge in [-0.2, -0.15) is 0 Å². The topological polar surface area (TPSA) is 70.2 Å². The molecule has 1 aliphatic rings. The molecule has 1 saturated heterocycles. The number of amides is 2. The van der Waals surface area contributed by atoms with Gasteiger partial charge in [-0.1, -0.05) is 0 Å². The van der Waals surface area contributed by atoms with Crippen LogP contribution < -0.4 is 16.0 Å². The SMILES string of the molecule is CC(NC1CCCNC(=O)C1)C(=O)NC(C)(C)C. The van der Waals surface area contributed by atoms with Crippen LogP contribution in [0.4, 0.5) is 0 Å². The van der Waals surface area contributed by atoms with Gasteiger partial charge in [0.2, 0.25) is 11.8 Å². The number of carbonyl (C=O) groups is 2. The lowest BCUT2D eigenvalue weighted by atomic mass is 10.1. The van der Waals surface area contributed by atoms with Crippen molar-refractivity contribution in [1.82, 2.24) is 16.0 Å². The third-order valence-corrected chi connectivity index (χ3v) is 2.86. The van der Waals surface area contributed by atoms with Crippen LogP contribution in [0.15, 0.2) is 0 Å². The van der Waals surface area contributed by atoms with E-state index in [-0.39, 0.29) is 29.4 Å². The Hall–Kier alpha value is -1.10. The molecule has 0 bridgehead atoms. The lowest BCUT2D eigenvalue weighted by Gasteiger charge is -2.26. The van der Waals surface area contributed by atoms with Gasteiger partial charge in [0.05, 0.1) is 6.04 Å². The van der Waals surface area contributed by atoms with Crippen LogP contribution >= 0.6 is 0 Å². The molecule has 2 unspecified atom stereocenters. The van der Waals surface area contributed by atoms with E-state index in [2.05, 4.69) is 16.0 Å². The summed E-state index contributed by atoms with van der Waals surface area (Å²) < 4.78 is 0. The molecule has 0 radical (unpaired) electrons. The van der Waals surface area contributed by atoms with E-state index in [1.54, 1.807) is 0 Å². The summed E-state index contributed by atoms with van der Waals surface area (Å²) in [5.41, 5.74) is -0.228. The zero-order valence-corrected chi connectivity index (χ0v) is 11.8. The maximum atomic E-state index is 11.9. The highest BCUT2D eigenvalue weighted by molar-refractivity contribution is 5.82. The molecule has 1 heterocycles. The highest BCUT2D eigenvalue weighted by atomic mass is 16.2. The maximum absolute atomic E-state index is 11.9. The second-order valence-corrected chi connectivity index (χ2v) is 6.02. The van der Waals surface area contributed by atoms with Crippen molar-refractivity contribution >= 4 is 11.8 Å². The fourth-order valence-electron chi connectivity index (χ4n) is 2.02. The summed E-state index contributed by atoms with van der Waals surface area (Å²) in [7, 11) is 0. The van der Waals surface area contributed by atoms with Crippen molar-refractivity contribution in [2.75, 3.05) is 6.54 Å². The lowest BCUT2D eigenvalue weighted by molar-refractivity contribution is -0.125. The second-order valence-electron chi connectivity index (χ2n) is 6.02.